The smallest absolute Gasteiger partial charge is 0.304 e. The fraction of sp³-hybridized carbons (Fsp3) is 0.409. The summed E-state index contributed by atoms with van der Waals surface area (Å²) in [6.07, 6.45) is 7.25. The van der Waals surface area contributed by atoms with E-state index in [1.165, 1.54) is 18.5 Å². The van der Waals surface area contributed by atoms with Gasteiger partial charge in [-0.3, -0.25) is 9.59 Å². The number of benzene rings is 1. The Labute approximate surface area is 169 Å². The molecule has 2 N–H and O–H groups in total. The van der Waals surface area contributed by atoms with Crippen LogP contribution in [0.15, 0.2) is 29.6 Å². The summed E-state index contributed by atoms with van der Waals surface area (Å²) in [6, 6.07) is 7.55. The molecule has 1 aromatic carbocycles. The van der Waals surface area contributed by atoms with Crippen molar-refractivity contribution in [2.24, 2.45) is 5.41 Å². The van der Waals surface area contributed by atoms with Crippen LogP contribution < -0.4 is 5.32 Å². The normalized spacial score (nSPS) is 14.4. The average molecular weight is 399 g/mol. The number of anilines is 1. The predicted molar refractivity (Wildman–Crippen MR) is 113 cm³/mol. The lowest BCUT2D eigenvalue weighted by Crippen LogP contribution is -2.37. The molecule has 0 atom stereocenters. The fourth-order valence-corrected chi connectivity index (χ4v) is 4.08. The average Bonchev–Trinajstić information content (AvgIpc) is 3.42. The van der Waals surface area contributed by atoms with Crippen LogP contribution in [-0.4, -0.2) is 22.0 Å². The number of carbonyl (C=O) groups is 2. The molecule has 0 radical (unpaired) electrons. The van der Waals surface area contributed by atoms with Gasteiger partial charge in [0.15, 0.2) is 0 Å². The van der Waals surface area contributed by atoms with Crippen LogP contribution in [0.1, 0.15) is 68.1 Å². The quantitative estimate of drug-likeness (QED) is 0.592. The molecule has 1 saturated carbocycles. The van der Waals surface area contributed by atoms with Crippen LogP contribution in [0, 0.1) is 5.41 Å². The highest BCUT2D eigenvalue weighted by Gasteiger charge is 2.37. The van der Waals surface area contributed by atoms with E-state index in [4.69, 9.17) is 0 Å². The first-order valence-electron chi connectivity index (χ1n) is 9.72. The first kappa shape index (κ1) is 20.3. The van der Waals surface area contributed by atoms with Gasteiger partial charge in [-0.15, -0.1) is 11.3 Å². The number of rotatable bonds is 9. The highest BCUT2D eigenvalue weighted by atomic mass is 32.1. The van der Waals surface area contributed by atoms with Crippen LogP contribution in [0.2, 0.25) is 0 Å². The van der Waals surface area contributed by atoms with E-state index in [0.29, 0.717) is 24.4 Å². The zero-order valence-corrected chi connectivity index (χ0v) is 17.1. The minimum absolute atomic E-state index is 0.168. The molecule has 1 fully saturated rings. The molecule has 0 aliphatic heterocycles. The Morgan fingerprint density at radius 3 is 2.68 bits per heavy atom. The van der Waals surface area contributed by atoms with Gasteiger partial charge in [0.1, 0.15) is 5.01 Å². The van der Waals surface area contributed by atoms with Crippen molar-refractivity contribution in [3.8, 4) is 0 Å². The van der Waals surface area contributed by atoms with E-state index in [9.17, 15) is 14.7 Å². The van der Waals surface area contributed by atoms with Crippen LogP contribution in [0.3, 0.4) is 0 Å². The summed E-state index contributed by atoms with van der Waals surface area (Å²) in [5.74, 6) is -0.542. The molecule has 1 aromatic heterocycles. The van der Waals surface area contributed by atoms with Gasteiger partial charge in [0, 0.05) is 17.0 Å². The van der Waals surface area contributed by atoms with E-state index >= 15 is 0 Å². The van der Waals surface area contributed by atoms with E-state index in [0.717, 1.165) is 10.6 Å². The van der Waals surface area contributed by atoms with Crippen molar-refractivity contribution in [1.82, 2.24) is 4.98 Å². The lowest BCUT2D eigenvalue weighted by molar-refractivity contribution is -0.144. The maximum atomic E-state index is 12.8. The number of carboxylic acids is 1. The number of carbonyl (C=O) groups excluding carboxylic acids is 1. The molecule has 6 heteroatoms. The molecule has 0 bridgehead atoms. The van der Waals surface area contributed by atoms with Gasteiger partial charge in [-0.05, 0) is 49.5 Å². The maximum Gasteiger partial charge on any atom is 0.304 e. The van der Waals surface area contributed by atoms with Crippen molar-refractivity contribution in [3.63, 3.8) is 0 Å². The lowest BCUT2D eigenvalue weighted by atomic mass is 9.78. The third kappa shape index (κ3) is 4.87. The number of nitrogens with one attached hydrogen (secondary N) is 1. The van der Waals surface area contributed by atoms with E-state index < -0.39 is 11.4 Å². The number of nitrogens with zero attached hydrogens (tertiary/aromatic N) is 1. The molecule has 0 saturated heterocycles. The molecule has 2 aromatic rings. The van der Waals surface area contributed by atoms with Crippen LogP contribution in [0.5, 0.6) is 0 Å². The maximum absolute atomic E-state index is 12.8. The molecule has 1 amide bonds. The van der Waals surface area contributed by atoms with Crippen molar-refractivity contribution >= 4 is 41.1 Å². The molecule has 1 aliphatic rings. The molecule has 0 spiro atoms. The Hall–Kier alpha value is -2.47. The highest BCUT2D eigenvalue weighted by Crippen LogP contribution is 2.40. The van der Waals surface area contributed by atoms with Gasteiger partial charge in [0.25, 0.3) is 0 Å². The molecule has 1 aliphatic carbocycles. The second-order valence-electron chi connectivity index (χ2n) is 7.36. The zero-order chi connectivity index (χ0) is 20.1. The summed E-state index contributed by atoms with van der Waals surface area (Å²) in [7, 11) is 0. The standard InChI is InChI=1S/C22H26N2O3S/c1-3-22(4-2,13-20(25)26)21(27)23-17-7-5-6-15(12-17)8-11-19-24-18(14-28-19)16-9-10-16/h5-8,11-12,14,16H,3-4,9-10,13H2,1-2H3,(H,23,27)(H,25,26). The number of amides is 1. The second kappa shape index (κ2) is 8.69. The molecule has 0 unspecified atom stereocenters. The highest BCUT2D eigenvalue weighted by molar-refractivity contribution is 7.10. The van der Waals surface area contributed by atoms with Crippen molar-refractivity contribution in [2.45, 2.75) is 51.9 Å². The number of hydrogen-bond donors (Lipinski definition) is 2. The van der Waals surface area contributed by atoms with Gasteiger partial charge in [0.2, 0.25) is 5.91 Å². The van der Waals surface area contributed by atoms with Crippen molar-refractivity contribution < 1.29 is 14.7 Å². The number of thiazole rings is 1. The number of aromatic nitrogens is 1. The first-order valence-corrected chi connectivity index (χ1v) is 10.6. The summed E-state index contributed by atoms with van der Waals surface area (Å²) in [4.78, 5) is 28.7. The number of aliphatic carboxylic acids is 1. The van der Waals surface area contributed by atoms with Crippen LogP contribution >= 0.6 is 11.3 Å². The summed E-state index contributed by atoms with van der Waals surface area (Å²) in [5, 5.41) is 15.2. The zero-order valence-electron chi connectivity index (χ0n) is 16.3. The molecule has 148 valence electrons. The molecule has 28 heavy (non-hydrogen) atoms. The largest absolute Gasteiger partial charge is 0.481 e. The fourth-order valence-electron chi connectivity index (χ4n) is 3.29. The first-order chi connectivity index (χ1) is 13.5. The monoisotopic (exact) mass is 398 g/mol. The molecule has 5 nitrogen and oxygen atoms in total. The third-order valence-corrected chi connectivity index (χ3v) is 6.25. The molecular formula is C22H26N2O3S. The van der Waals surface area contributed by atoms with Gasteiger partial charge in [0.05, 0.1) is 17.5 Å². The van der Waals surface area contributed by atoms with Crippen LogP contribution in [-0.2, 0) is 9.59 Å². The minimum Gasteiger partial charge on any atom is -0.481 e. The second-order valence-corrected chi connectivity index (χ2v) is 8.25. The Balaban J connectivity index is 1.70. The summed E-state index contributed by atoms with van der Waals surface area (Å²) >= 11 is 1.64. The van der Waals surface area contributed by atoms with Crippen molar-refractivity contribution in [3.05, 3.63) is 45.9 Å². The Morgan fingerprint density at radius 2 is 2.04 bits per heavy atom. The third-order valence-electron chi connectivity index (χ3n) is 5.42. The van der Waals surface area contributed by atoms with E-state index in [-0.39, 0.29) is 12.3 Å². The Morgan fingerprint density at radius 1 is 1.29 bits per heavy atom. The van der Waals surface area contributed by atoms with E-state index in [1.54, 1.807) is 11.3 Å². The topological polar surface area (TPSA) is 79.3 Å². The Kier molecular flexibility index (Phi) is 6.29. The van der Waals surface area contributed by atoms with Gasteiger partial charge in [-0.1, -0.05) is 32.1 Å². The van der Waals surface area contributed by atoms with Gasteiger partial charge in [-0.2, -0.15) is 0 Å². The summed E-state index contributed by atoms with van der Waals surface area (Å²) < 4.78 is 0. The minimum atomic E-state index is -0.954. The Bertz CT molecular complexity index is 879. The molecule has 1 heterocycles. The van der Waals surface area contributed by atoms with E-state index in [2.05, 4.69) is 15.7 Å². The lowest BCUT2D eigenvalue weighted by Gasteiger charge is -2.28. The predicted octanol–water partition coefficient (Wildman–Crippen LogP) is 5.41. The van der Waals surface area contributed by atoms with Crippen LogP contribution in [0.4, 0.5) is 5.69 Å². The molecule has 3 rings (SSSR count). The van der Waals surface area contributed by atoms with E-state index in [1.807, 2.05) is 50.3 Å². The molecular weight excluding hydrogens is 372 g/mol. The van der Waals surface area contributed by atoms with Crippen molar-refractivity contribution in [1.29, 1.82) is 0 Å². The summed E-state index contributed by atoms with van der Waals surface area (Å²) in [6.45, 7) is 3.71. The van der Waals surface area contributed by atoms with Gasteiger partial charge in [-0.25, -0.2) is 4.98 Å². The van der Waals surface area contributed by atoms with Crippen molar-refractivity contribution in [2.75, 3.05) is 5.32 Å². The SMILES string of the molecule is CCC(CC)(CC(=O)O)C(=O)Nc1cccc(C=Cc2nc(C3CC3)cs2)c1. The van der Waals surface area contributed by atoms with Crippen LogP contribution in [0.25, 0.3) is 12.2 Å². The number of hydrogen-bond acceptors (Lipinski definition) is 4. The van der Waals surface area contributed by atoms with Gasteiger partial charge < -0.3 is 10.4 Å². The van der Waals surface area contributed by atoms with Gasteiger partial charge >= 0.3 is 5.97 Å². The number of carboxylic acid groups (broad SMARTS) is 1. The summed E-state index contributed by atoms with van der Waals surface area (Å²) in [5.41, 5.74) is 1.93.